The summed E-state index contributed by atoms with van der Waals surface area (Å²) in [7, 11) is 2.00. The molecule has 0 unspecified atom stereocenters. The second-order valence-corrected chi connectivity index (χ2v) is 3.65. The highest BCUT2D eigenvalue weighted by Crippen LogP contribution is 2.25. The fourth-order valence-corrected chi connectivity index (χ4v) is 2.01. The lowest BCUT2D eigenvalue weighted by Crippen LogP contribution is -1.92. The van der Waals surface area contributed by atoms with Gasteiger partial charge in [-0.25, -0.2) is 0 Å². The number of rotatable bonds is 1. The predicted molar refractivity (Wildman–Crippen MR) is 57.8 cm³/mol. The first-order valence-electron chi connectivity index (χ1n) is 4.66. The number of hydrogen-bond acceptors (Lipinski definition) is 1. The normalized spacial score (nSPS) is 10.8. The predicted octanol–water partition coefficient (Wildman–Crippen LogP) is 2.61. The molecule has 2 rings (SSSR count). The Morgan fingerprint density at radius 3 is 2.64 bits per heavy atom. The van der Waals surface area contributed by atoms with E-state index >= 15 is 0 Å². The van der Waals surface area contributed by atoms with E-state index in [1.165, 1.54) is 5.56 Å². The Kier molecular flexibility index (Phi) is 1.92. The van der Waals surface area contributed by atoms with Gasteiger partial charge in [-0.05, 0) is 19.4 Å². The molecule has 0 spiro atoms. The monoisotopic (exact) mass is 187 g/mol. The molecule has 0 fully saturated rings. The van der Waals surface area contributed by atoms with Gasteiger partial charge in [0.2, 0.25) is 0 Å². The van der Waals surface area contributed by atoms with Crippen LogP contribution in [0.15, 0.2) is 18.2 Å². The van der Waals surface area contributed by atoms with Crippen molar-refractivity contribution >= 4 is 17.2 Å². The van der Waals surface area contributed by atoms with Gasteiger partial charge < -0.3 is 4.57 Å². The Balaban J connectivity index is 3.02. The zero-order valence-electron chi connectivity index (χ0n) is 8.66. The molecule has 0 aliphatic rings. The smallest absolute Gasteiger partial charge is 0.152 e. The van der Waals surface area contributed by atoms with Crippen LogP contribution in [-0.2, 0) is 7.05 Å². The fraction of sp³-hybridized carbons (Fsp3) is 0.250. The largest absolute Gasteiger partial charge is 0.347 e. The van der Waals surface area contributed by atoms with Crippen molar-refractivity contribution in [2.24, 2.45) is 7.05 Å². The van der Waals surface area contributed by atoms with Crippen LogP contribution < -0.4 is 0 Å². The van der Waals surface area contributed by atoms with Crippen molar-refractivity contribution in [3.63, 3.8) is 0 Å². The second kappa shape index (κ2) is 2.98. The van der Waals surface area contributed by atoms with Crippen molar-refractivity contribution in [3.05, 3.63) is 35.0 Å². The van der Waals surface area contributed by atoms with Gasteiger partial charge in [0.15, 0.2) is 6.29 Å². The number of para-hydroxylation sites is 1. The van der Waals surface area contributed by atoms with Crippen LogP contribution in [0.25, 0.3) is 10.9 Å². The molecule has 0 aliphatic carbocycles. The summed E-state index contributed by atoms with van der Waals surface area (Å²) in [6, 6.07) is 6.06. The van der Waals surface area contributed by atoms with E-state index in [-0.39, 0.29) is 0 Å². The van der Waals surface area contributed by atoms with Crippen LogP contribution in [0.4, 0.5) is 0 Å². The highest BCUT2D eigenvalue weighted by atomic mass is 16.1. The van der Waals surface area contributed by atoms with Crippen molar-refractivity contribution in [1.29, 1.82) is 0 Å². The van der Waals surface area contributed by atoms with Gasteiger partial charge in [-0.3, -0.25) is 4.79 Å². The molecule has 0 N–H and O–H groups in total. The van der Waals surface area contributed by atoms with Crippen molar-refractivity contribution in [2.45, 2.75) is 13.8 Å². The maximum absolute atomic E-state index is 11.0. The Hall–Kier alpha value is -1.57. The van der Waals surface area contributed by atoms with E-state index in [1.807, 2.05) is 26.1 Å². The van der Waals surface area contributed by atoms with Crippen LogP contribution in [0.1, 0.15) is 21.6 Å². The quantitative estimate of drug-likeness (QED) is 0.629. The minimum Gasteiger partial charge on any atom is -0.347 e. The molecular weight excluding hydrogens is 174 g/mol. The van der Waals surface area contributed by atoms with Gasteiger partial charge in [0.25, 0.3) is 0 Å². The zero-order chi connectivity index (χ0) is 10.3. The Labute approximate surface area is 83.2 Å². The molecule has 0 radical (unpaired) electrons. The number of aromatic nitrogens is 1. The third-order valence-corrected chi connectivity index (χ3v) is 2.87. The highest BCUT2D eigenvalue weighted by molar-refractivity contribution is 6.00. The van der Waals surface area contributed by atoms with Crippen LogP contribution in [0.2, 0.25) is 0 Å². The Bertz CT molecular complexity index is 509. The van der Waals surface area contributed by atoms with Crippen molar-refractivity contribution in [3.8, 4) is 0 Å². The van der Waals surface area contributed by atoms with E-state index in [1.54, 1.807) is 0 Å². The van der Waals surface area contributed by atoms with Gasteiger partial charge in [-0.1, -0.05) is 18.2 Å². The van der Waals surface area contributed by atoms with E-state index in [0.29, 0.717) is 0 Å². The molecule has 1 heterocycles. The number of carbonyl (C=O) groups excluding carboxylic acids is 1. The standard InChI is InChI=1S/C12H13NO/c1-8-5-4-6-10-11(7-14)9(2)13(3)12(8)10/h4-7H,1-3H3. The van der Waals surface area contributed by atoms with Crippen LogP contribution in [0.5, 0.6) is 0 Å². The third kappa shape index (κ3) is 1.00. The molecule has 0 saturated carbocycles. The number of fused-ring (bicyclic) bond motifs is 1. The van der Waals surface area contributed by atoms with Gasteiger partial charge in [-0.15, -0.1) is 0 Å². The van der Waals surface area contributed by atoms with Gasteiger partial charge in [0.1, 0.15) is 0 Å². The summed E-state index contributed by atoms with van der Waals surface area (Å²) in [4.78, 5) is 11.0. The summed E-state index contributed by atoms with van der Waals surface area (Å²) in [6.07, 6.45) is 0.942. The van der Waals surface area contributed by atoms with Gasteiger partial charge in [0, 0.05) is 23.7 Å². The minimum absolute atomic E-state index is 0.811. The number of hydrogen-bond donors (Lipinski definition) is 0. The molecule has 72 valence electrons. The summed E-state index contributed by atoms with van der Waals surface area (Å²) >= 11 is 0. The number of aryl methyl sites for hydroxylation is 2. The van der Waals surface area contributed by atoms with Crippen LogP contribution in [0, 0.1) is 13.8 Å². The molecule has 0 saturated heterocycles. The van der Waals surface area contributed by atoms with E-state index in [0.717, 1.165) is 28.4 Å². The summed E-state index contributed by atoms with van der Waals surface area (Å²) in [5.74, 6) is 0. The molecule has 2 nitrogen and oxygen atoms in total. The van der Waals surface area contributed by atoms with Crippen molar-refractivity contribution < 1.29 is 4.79 Å². The summed E-state index contributed by atoms with van der Waals surface area (Å²) in [5, 5.41) is 1.06. The summed E-state index contributed by atoms with van der Waals surface area (Å²) in [6.45, 7) is 4.04. The molecule has 0 atom stereocenters. The van der Waals surface area contributed by atoms with Crippen molar-refractivity contribution in [1.82, 2.24) is 4.57 Å². The molecule has 14 heavy (non-hydrogen) atoms. The fourth-order valence-electron chi connectivity index (χ4n) is 2.01. The number of benzene rings is 1. The first kappa shape index (κ1) is 9.00. The first-order valence-corrected chi connectivity index (χ1v) is 4.66. The average Bonchev–Trinajstić information content (AvgIpc) is 2.41. The lowest BCUT2D eigenvalue weighted by Gasteiger charge is -2.01. The van der Waals surface area contributed by atoms with Gasteiger partial charge in [-0.2, -0.15) is 0 Å². The van der Waals surface area contributed by atoms with Crippen molar-refractivity contribution in [2.75, 3.05) is 0 Å². The van der Waals surface area contributed by atoms with Gasteiger partial charge >= 0.3 is 0 Å². The summed E-state index contributed by atoms with van der Waals surface area (Å²) in [5.41, 5.74) is 4.21. The highest BCUT2D eigenvalue weighted by Gasteiger charge is 2.11. The molecule has 1 aromatic heterocycles. The maximum atomic E-state index is 11.0. The van der Waals surface area contributed by atoms with Gasteiger partial charge in [0.05, 0.1) is 5.52 Å². The Morgan fingerprint density at radius 1 is 1.29 bits per heavy atom. The molecule has 2 heteroatoms. The third-order valence-electron chi connectivity index (χ3n) is 2.87. The van der Waals surface area contributed by atoms with E-state index in [4.69, 9.17) is 0 Å². The molecular formula is C12H13NO. The Morgan fingerprint density at radius 2 is 2.00 bits per heavy atom. The molecule has 0 aliphatic heterocycles. The minimum atomic E-state index is 0.811. The summed E-state index contributed by atoms with van der Waals surface area (Å²) < 4.78 is 2.08. The first-order chi connectivity index (χ1) is 6.66. The molecule has 2 aromatic rings. The average molecular weight is 187 g/mol. The lowest BCUT2D eigenvalue weighted by atomic mass is 10.1. The lowest BCUT2D eigenvalue weighted by molar-refractivity contribution is 0.112. The van der Waals surface area contributed by atoms with Crippen LogP contribution in [-0.4, -0.2) is 10.9 Å². The number of carbonyl (C=O) groups is 1. The molecule has 1 aromatic carbocycles. The number of nitrogens with zero attached hydrogens (tertiary/aromatic N) is 1. The second-order valence-electron chi connectivity index (χ2n) is 3.65. The topological polar surface area (TPSA) is 22.0 Å². The van der Waals surface area contributed by atoms with E-state index < -0.39 is 0 Å². The molecule has 0 amide bonds. The maximum Gasteiger partial charge on any atom is 0.152 e. The van der Waals surface area contributed by atoms with E-state index in [2.05, 4.69) is 17.6 Å². The zero-order valence-corrected chi connectivity index (χ0v) is 8.66. The number of aldehydes is 1. The SMILES string of the molecule is Cc1cccc2c(C=O)c(C)n(C)c12. The van der Waals surface area contributed by atoms with Crippen LogP contribution in [0.3, 0.4) is 0 Å². The van der Waals surface area contributed by atoms with E-state index in [9.17, 15) is 4.79 Å². The van der Waals surface area contributed by atoms with Crippen LogP contribution >= 0.6 is 0 Å². The molecule has 0 bridgehead atoms.